The maximum Gasteiger partial charge on any atom is 0.220 e. The topological polar surface area (TPSA) is 69.0 Å². The number of unbranched alkanes of at least 4 members (excludes halogenated alkanes) is 1. The Kier molecular flexibility index (Phi) is 9.57. The highest BCUT2D eigenvalue weighted by Crippen LogP contribution is 2.23. The van der Waals surface area contributed by atoms with Crippen molar-refractivity contribution in [3.05, 3.63) is 83.7 Å². The quantitative estimate of drug-likeness (QED) is 0.216. The third kappa shape index (κ3) is 7.49. The van der Waals surface area contributed by atoms with Gasteiger partial charge < -0.3 is 14.6 Å². The van der Waals surface area contributed by atoms with Crippen molar-refractivity contribution in [1.29, 1.82) is 0 Å². The average Bonchev–Trinajstić information content (AvgIpc) is 3.21. The number of nitrogens with zero attached hydrogens (tertiary/aromatic N) is 3. The van der Waals surface area contributed by atoms with Gasteiger partial charge in [-0.15, -0.1) is 16.8 Å². The first-order chi connectivity index (χ1) is 16.1. The summed E-state index contributed by atoms with van der Waals surface area (Å²) in [6.07, 6.45) is 4.81. The van der Waals surface area contributed by atoms with Crippen molar-refractivity contribution in [2.24, 2.45) is 0 Å². The molecule has 1 amide bonds. The molecule has 1 heterocycles. The van der Waals surface area contributed by atoms with Gasteiger partial charge in [-0.3, -0.25) is 4.79 Å². The number of hydrogen-bond acceptors (Lipinski definition) is 5. The minimum Gasteiger partial charge on any atom is -0.496 e. The van der Waals surface area contributed by atoms with Crippen molar-refractivity contribution >= 4 is 17.7 Å². The van der Waals surface area contributed by atoms with E-state index in [1.165, 1.54) is 11.1 Å². The largest absolute Gasteiger partial charge is 0.496 e. The number of methoxy groups -OCH3 is 1. The normalized spacial score (nSPS) is 10.7. The minimum absolute atomic E-state index is 0.0443. The van der Waals surface area contributed by atoms with Crippen molar-refractivity contribution < 1.29 is 9.53 Å². The van der Waals surface area contributed by atoms with E-state index in [0.29, 0.717) is 19.5 Å². The molecule has 0 bridgehead atoms. The molecular formula is C26H32N4O2S. The van der Waals surface area contributed by atoms with E-state index in [1.807, 2.05) is 30.3 Å². The van der Waals surface area contributed by atoms with Crippen molar-refractivity contribution in [2.45, 2.75) is 56.6 Å². The van der Waals surface area contributed by atoms with Gasteiger partial charge in [0.15, 0.2) is 5.16 Å². The van der Waals surface area contributed by atoms with Gasteiger partial charge in [-0.2, -0.15) is 0 Å². The number of benzene rings is 2. The zero-order chi connectivity index (χ0) is 23.5. The zero-order valence-electron chi connectivity index (χ0n) is 19.4. The summed E-state index contributed by atoms with van der Waals surface area (Å²) in [4.78, 5) is 12.2. The van der Waals surface area contributed by atoms with Crippen LogP contribution in [0, 0.1) is 6.92 Å². The second-order valence-electron chi connectivity index (χ2n) is 7.87. The fourth-order valence-electron chi connectivity index (χ4n) is 3.57. The van der Waals surface area contributed by atoms with Crippen molar-refractivity contribution in [1.82, 2.24) is 20.1 Å². The van der Waals surface area contributed by atoms with Crippen LogP contribution in [-0.2, 0) is 30.1 Å². The number of nitrogens with one attached hydrogen (secondary N) is 1. The lowest BCUT2D eigenvalue weighted by Crippen LogP contribution is -2.22. The Balaban J connectivity index is 1.45. The Morgan fingerprint density at radius 2 is 2.03 bits per heavy atom. The molecule has 0 fully saturated rings. The fraction of sp³-hybridized carbons (Fsp3) is 0.346. The van der Waals surface area contributed by atoms with Gasteiger partial charge in [0.25, 0.3) is 0 Å². The summed E-state index contributed by atoms with van der Waals surface area (Å²) in [6.45, 7) is 7.13. The van der Waals surface area contributed by atoms with Crippen LogP contribution >= 0.6 is 11.8 Å². The monoisotopic (exact) mass is 464 g/mol. The number of hydrogen-bond donors (Lipinski definition) is 1. The number of aromatic nitrogens is 3. The van der Waals surface area contributed by atoms with Crippen LogP contribution in [-0.4, -0.2) is 27.8 Å². The van der Waals surface area contributed by atoms with Crippen LogP contribution in [0.3, 0.4) is 0 Å². The van der Waals surface area contributed by atoms with Crippen LogP contribution in [0.4, 0.5) is 0 Å². The number of para-hydroxylation sites is 1. The van der Waals surface area contributed by atoms with E-state index >= 15 is 0 Å². The standard InChI is InChI=1S/C26H32N4O2S/c1-4-16-30-24(28-29-26(30)33-19-21-11-9-10-20(2)17-21)14-7-8-15-25(31)27-18-22-12-5-6-13-23(22)32-3/h4-6,9-13,17H,1,7-8,14-16,18-19H2,2-3H3,(H,27,31). The highest BCUT2D eigenvalue weighted by molar-refractivity contribution is 7.98. The molecule has 0 atom stereocenters. The van der Waals surface area contributed by atoms with Gasteiger partial charge in [-0.05, 0) is 31.4 Å². The molecule has 0 radical (unpaired) electrons. The molecule has 7 heteroatoms. The van der Waals surface area contributed by atoms with Crippen LogP contribution in [0.1, 0.15) is 41.8 Å². The Hall–Kier alpha value is -3.06. The summed E-state index contributed by atoms with van der Waals surface area (Å²) >= 11 is 1.69. The summed E-state index contributed by atoms with van der Waals surface area (Å²) in [7, 11) is 1.64. The predicted octanol–water partition coefficient (Wildman–Crippen LogP) is 5.10. The highest BCUT2D eigenvalue weighted by Gasteiger charge is 2.12. The first-order valence-electron chi connectivity index (χ1n) is 11.2. The molecule has 1 aromatic heterocycles. The third-order valence-electron chi connectivity index (χ3n) is 5.28. The lowest BCUT2D eigenvalue weighted by molar-refractivity contribution is -0.121. The van der Waals surface area contributed by atoms with E-state index in [-0.39, 0.29) is 5.91 Å². The summed E-state index contributed by atoms with van der Waals surface area (Å²) in [5, 5.41) is 12.7. The molecule has 0 aliphatic carbocycles. The molecular weight excluding hydrogens is 432 g/mol. The average molecular weight is 465 g/mol. The first kappa shape index (κ1) is 24.6. The van der Waals surface area contributed by atoms with Gasteiger partial charge in [0.2, 0.25) is 5.91 Å². The van der Waals surface area contributed by atoms with E-state index in [4.69, 9.17) is 4.74 Å². The molecule has 0 spiro atoms. The third-order valence-corrected chi connectivity index (χ3v) is 6.32. The minimum atomic E-state index is 0.0443. The van der Waals surface area contributed by atoms with Crippen molar-refractivity contribution in [3.63, 3.8) is 0 Å². The molecule has 0 unspecified atom stereocenters. The summed E-state index contributed by atoms with van der Waals surface area (Å²) in [6, 6.07) is 16.2. The van der Waals surface area contributed by atoms with Crippen LogP contribution in [0.2, 0.25) is 0 Å². The number of carbonyl (C=O) groups excluding carboxylic acids is 1. The lowest BCUT2D eigenvalue weighted by atomic mass is 10.1. The Labute approximate surface area is 200 Å². The first-order valence-corrected chi connectivity index (χ1v) is 12.2. The van der Waals surface area contributed by atoms with Crippen LogP contribution < -0.4 is 10.1 Å². The fourth-order valence-corrected chi connectivity index (χ4v) is 4.48. The summed E-state index contributed by atoms with van der Waals surface area (Å²) < 4.78 is 7.45. The Morgan fingerprint density at radius 1 is 1.18 bits per heavy atom. The summed E-state index contributed by atoms with van der Waals surface area (Å²) in [5.41, 5.74) is 3.50. The predicted molar refractivity (Wildman–Crippen MR) is 133 cm³/mol. The molecule has 3 aromatic rings. The van der Waals surface area contributed by atoms with E-state index in [0.717, 1.165) is 47.3 Å². The van der Waals surface area contributed by atoms with Gasteiger partial charge in [-0.25, -0.2) is 0 Å². The molecule has 0 saturated heterocycles. The molecule has 0 aliphatic rings. The second-order valence-corrected chi connectivity index (χ2v) is 8.81. The maximum atomic E-state index is 12.2. The highest BCUT2D eigenvalue weighted by atomic mass is 32.2. The van der Waals surface area contributed by atoms with Crippen molar-refractivity contribution in [2.75, 3.05) is 7.11 Å². The molecule has 0 saturated carbocycles. The maximum absolute atomic E-state index is 12.2. The number of carbonyl (C=O) groups is 1. The molecule has 2 aromatic carbocycles. The van der Waals surface area contributed by atoms with Crippen LogP contribution in [0.5, 0.6) is 5.75 Å². The Morgan fingerprint density at radius 3 is 2.82 bits per heavy atom. The molecule has 3 rings (SSSR count). The Bertz CT molecular complexity index is 1060. The number of aryl methyl sites for hydroxylation is 2. The molecule has 1 N–H and O–H groups in total. The van der Waals surface area contributed by atoms with Gasteiger partial charge in [0, 0.05) is 37.2 Å². The SMILES string of the molecule is C=CCn1c(CCCCC(=O)NCc2ccccc2OC)nnc1SCc1cccc(C)c1. The van der Waals surface area contributed by atoms with Gasteiger partial charge >= 0.3 is 0 Å². The van der Waals surface area contributed by atoms with E-state index in [1.54, 1.807) is 18.9 Å². The van der Waals surface area contributed by atoms with E-state index < -0.39 is 0 Å². The van der Waals surface area contributed by atoms with Crippen LogP contribution in [0.25, 0.3) is 0 Å². The summed E-state index contributed by atoms with van der Waals surface area (Å²) in [5.74, 6) is 2.62. The van der Waals surface area contributed by atoms with Gasteiger partial charge in [0.05, 0.1) is 7.11 Å². The number of rotatable bonds is 13. The molecule has 174 valence electrons. The number of ether oxygens (including phenoxy) is 1. The van der Waals surface area contributed by atoms with E-state index in [2.05, 4.69) is 57.8 Å². The van der Waals surface area contributed by atoms with Crippen molar-refractivity contribution in [3.8, 4) is 5.75 Å². The van der Waals surface area contributed by atoms with Gasteiger partial charge in [-0.1, -0.05) is 65.9 Å². The zero-order valence-corrected chi connectivity index (χ0v) is 20.2. The number of allylic oxidation sites excluding steroid dienone is 1. The number of amides is 1. The lowest BCUT2D eigenvalue weighted by Gasteiger charge is -2.10. The van der Waals surface area contributed by atoms with E-state index in [9.17, 15) is 4.79 Å². The molecule has 0 aliphatic heterocycles. The second kappa shape index (κ2) is 12.8. The van der Waals surface area contributed by atoms with Crippen LogP contribution in [0.15, 0.2) is 66.3 Å². The van der Waals surface area contributed by atoms with Gasteiger partial charge in [0.1, 0.15) is 11.6 Å². The smallest absolute Gasteiger partial charge is 0.220 e. The molecule has 33 heavy (non-hydrogen) atoms. The molecule has 6 nitrogen and oxygen atoms in total. The number of thioether (sulfide) groups is 1.